The summed E-state index contributed by atoms with van der Waals surface area (Å²) in [6.07, 6.45) is 2.38. The fourth-order valence-corrected chi connectivity index (χ4v) is 3.37. The third-order valence-electron chi connectivity index (χ3n) is 4.78. The summed E-state index contributed by atoms with van der Waals surface area (Å²) < 4.78 is 48.8. The van der Waals surface area contributed by atoms with Gasteiger partial charge in [0.15, 0.2) is 29.1 Å². The molecule has 0 aliphatic carbocycles. The number of aliphatic imine (C=N–C) groups is 1. The molecule has 0 saturated carbocycles. The van der Waals surface area contributed by atoms with E-state index in [9.17, 15) is 13.2 Å². The fourth-order valence-electron chi connectivity index (χ4n) is 3.37. The van der Waals surface area contributed by atoms with Gasteiger partial charge in [-0.15, -0.1) is 24.0 Å². The van der Waals surface area contributed by atoms with Gasteiger partial charge in [0, 0.05) is 31.9 Å². The standard InChI is InChI=1S/C21H26F3N5O2.HI/c1-3-25-21(27-12-14-6-7-17(30-2)18(11-14)31-20(23)24)28-15-8-10-29(13-15)19-16(22)5-4-9-26-19;/h4-7,9,11,15,20H,3,8,10,12-13H2,1-2H3,(H2,25,27,28);1H. The van der Waals surface area contributed by atoms with Crippen LogP contribution in [0, 0.1) is 5.82 Å². The molecule has 1 unspecified atom stereocenters. The first-order chi connectivity index (χ1) is 15.0. The summed E-state index contributed by atoms with van der Waals surface area (Å²) in [4.78, 5) is 10.6. The molecule has 2 heterocycles. The molecule has 2 N–H and O–H groups in total. The number of hydrogen-bond donors (Lipinski definition) is 2. The lowest BCUT2D eigenvalue weighted by Gasteiger charge is -2.20. The van der Waals surface area contributed by atoms with Gasteiger partial charge in [-0.25, -0.2) is 14.4 Å². The van der Waals surface area contributed by atoms with E-state index in [0.717, 1.165) is 6.42 Å². The molecule has 1 aliphatic heterocycles. The minimum absolute atomic E-state index is 0. The van der Waals surface area contributed by atoms with Gasteiger partial charge in [-0.05, 0) is 43.2 Å². The number of alkyl halides is 2. The van der Waals surface area contributed by atoms with Gasteiger partial charge < -0.3 is 25.0 Å². The van der Waals surface area contributed by atoms with Crippen molar-refractivity contribution in [3.05, 3.63) is 47.9 Å². The van der Waals surface area contributed by atoms with E-state index in [1.54, 1.807) is 24.4 Å². The molecule has 0 amide bonds. The molecule has 32 heavy (non-hydrogen) atoms. The lowest BCUT2D eigenvalue weighted by Crippen LogP contribution is -2.44. The number of pyridine rings is 1. The summed E-state index contributed by atoms with van der Waals surface area (Å²) in [5.74, 6) is 0.782. The molecule has 1 aromatic heterocycles. The number of aromatic nitrogens is 1. The summed E-state index contributed by atoms with van der Waals surface area (Å²) >= 11 is 0. The number of rotatable bonds is 8. The molecule has 176 valence electrons. The van der Waals surface area contributed by atoms with E-state index in [-0.39, 0.29) is 53.9 Å². The highest BCUT2D eigenvalue weighted by molar-refractivity contribution is 14.0. The van der Waals surface area contributed by atoms with Crippen molar-refractivity contribution in [2.24, 2.45) is 4.99 Å². The van der Waals surface area contributed by atoms with Crippen LogP contribution in [0.1, 0.15) is 18.9 Å². The highest BCUT2D eigenvalue weighted by Gasteiger charge is 2.26. The fraction of sp³-hybridized carbons (Fsp3) is 0.429. The summed E-state index contributed by atoms with van der Waals surface area (Å²) in [6.45, 7) is 1.18. The lowest BCUT2D eigenvalue weighted by atomic mass is 10.2. The van der Waals surface area contributed by atoms with Crippen LogP contribution in [0.5, 0.6) is 11.5 Å². The van der Waals surface area contributed by atoms with Crippen LogP contribution in [-0.4, -0.2) is 50.3 Å². The van der Waals surface area contributed by atoms with Crippen molar-refractivity contribution in [2.45, 2.75) is 32.5 Å². The molecular formula is C21H27F3IN5O2. The third-order valence-corrected chi connectivity index (χ3v) is 4.78. The lowest BCUT2D eigenvalue weighted by molar-refractivity contribution is -0.0512. The zero-order valence-electron chi connectivity index (χ0n) is 17.9. The van der Waals surface area contributed by atoms with Gasteiger partial charge in [0.2, 0.25) is 0 Å². The molecule has 0 spiro atoms. The first-order valence-electron chi connectivity index (χ1n) is 10.0. The Morgan fingerprint density at radius 2 is 2.12 bits per heavy atom. The number of halogens is 4. The Morgan fingerprint density at radius 1 is 1.31 bits per heavy atom. The van der Waals surface area contributed by atoms with E-state index in [0.29, 0.717) is 37.0 Å². The minimum atomic E-state index is -2.94. The molecular weight excluding hydrogens is 538 g/mol. The number of anilines is 1. The molecule has 1 aliphatic rings. The summed E-state index contributed by atoms with van der Waals surface area (Å²) in [5.41, 5.74) is 0.692. The SMILES string of the molecule is CCNC(=NCc1ccc(OC)c(OC(F)F)c1)NC1CCN(c2ncccc2F)C1.I. The van der Waals surface area contributed by atoms with E-state index in [4.69, 9.17) is 4.74 Å². The summed E-state index contributed by atoms with van der Waals surface area (Å²) in [5, 5.41) is 6.52. The molecule has 1 aromatic carbocycles. The van der Waals surface area contributed by atoms with Crippen LogP contribution in [-0.2, 0) is 6.54 Å². The van der Waals surface area contributed by atoms with E-state index in [1.165, 1.54) is 19.2 Å². The molecule has 0 radical (unpaired) electrons. The van der Waals surface area contributed by atoms with E-state index in [1.807, 2.05) is 11.8 Å². The molecule has 1 fully saturated rings. The zero-order chi connectivity index (χ0) is 22.2. The monoisotopic (exact) mass is 565 g/mol. The van der Waals surface area contributed by atoms with Crippen LogP contribution < -0.4 is 25.0 Å². The maximum absolute atomic E-state index is 14.0. The summed E-state index contributed by atoms with van der Waals surface area (Å²) in [7, 11) is 1.39. The topological polar surface area (TPSA) is 71.0 Å². The first kappa shape index (κ1) is 25.8. The molecule has 2 aromatic rings. The van der Waals surface area contributed by atoms with E-state index < -0.39 is 6.61 Å². The van der Waals surface area contributed by atoms with Gasteiger partial charge in [0.25, 0.3) is 0 Å². The summed E-state index contributed by atoms with van der Waals surface area (Å²) in [6, 6.07) is 7.82. The third kappa shape index (κ3) is 7.04. The molecule has 1 atom stereocenters. The Balaban J connectivity index is 0.00000363. The largest absolute Gasteiger partial charge is 0.493 e. The Morgan fingerprint density at radius 3 is 2.81 bits per heavy atom. The quantitative estimate of drug-likeness (QED) is 0.289. The average Bonchev–Trinajstić information content (AvgIpc) is 3.20. The maximum Gasteiger partial charge on any atom is 0.387 e. The van der Waals surface area contributed by atoms with Crippen LogP contribution in [0.4, 0.5) is 19.0 Å². The van der Waals surface area contributed by atoms with Gasteiger partial charge >= 0.3 is 6.61 Å². The number of nitrogens with zero attached hydrogens (tertiary/aromatic N) is 3. The molecule has 3 rings (SSSR count). The van der Waals surface area contributed by atoms with Gasteiger partial charge in [0.05, 0.1) is 13.7 Å². The number of benzene rings is 1. The molecule has 1 saturated heterocycles. The van der Waals surface area contributed by atoms with Crippen LogP contribution in [0.3, 0.4) is 0 Å². The first-order valence-corrected chi connectivity index (χ1v) is 10.0. The second-order valence-electron chi connectivity index (χ2n) is 6.94. The Hall–Kier alpha value is -2.44. The second-order valence-corrected chi connectivity index (χ2v) is 6.94. The predicted octanol–water partition coefficient (Wildman–Crippen LogP) is 3.78. The normalized spacial score (nSPS) is 16.0. The Bertz CT molecular complexity index is 903. The zero-order valence-corrected chi connectivity index (χ0v) is 20.2. The Kier molecular flexibility index (Phi) is 10.1. The number of nitrogens with one attached hydrogen (secondary N) is 2. The minimum Gasteiger partial charge on any atom is -0.493 e. The molecule has 11 heteroatoms. The van der Waals surface area contributed by atoms with Crippen molar-refractivity contribution in [1.29, 1.82) is 0 Å². The smallest absolute Gasteiger partial charge is 0.387 e. The molecule has 7 nitrogen and oxygen atoms in total. The van der Waals surface area contributed by atoms with E-state index in [2.05, 4.69) is 25.3 Å². The highest BCUT2D eigenvalue weighted by atomic mass is 127. The van der Waals surface area contributed by atoms with Gasteiger partial charge in [-0.2, -0.15) is 8.78 Å². The van der Waals surface area contributed by atoms with Crippen LogP contribution in [0.15, 0.2) is 41.5 Å². The van der Waals surface area contributed by atoms with Crippen molar-refractivity contribution in [1.82, 2.24) is 15.6 Å². The predicted molar refractivity (Wildman–Crippen MR) is 128 cm³/mol. The molecule has 0 bridgehead atoms. The van der Waals surface area contributed by atoms with Gasteiger partial charge in [0.1, 0.15) is 0 Å². The number of ether oxygens (including phenoxy) is 2. The van der Waals surface area contributed by atoms with Gasteiger partial charge in [-0.1, -0.05) is 6.07 Å². The maximum atomic E-state index is 14.0. The van der Waals surface area contributed by atoms with E-state index >= 15 is 0 Å². The Labute approximate surface area is 202 Å². The van der Waals surface area contributed by atoms with Crippen molar-refractivity contribution in [3.63, 3.8) is 0 Å². The highest BCUT2D eigenvalue weighted by Crippen LogP contribution is 2.29. The van der Waals surface area contributed by atoms with Crippen molar-refractivity contribution < 1.29 is 22.6 Å². The van der Waals surface area contributed by atoms with Crippen LogP contribution >= 0.6 is 24.0 Å². The van der Waals surface area contributed by atoms with Crippen molar-refractivity contribution in [3.8, 4) is 11.5 Å². The van der Waals surface area contributed by atoms with Crippen molar-refractivity contribution >= 4 is 35.8 Å². The number of hydrogen-bond acceptors (Lipinski definition) is 5. The number of methoxy groups -OCH3 is 1. The van der Waals surface area contributed by atoms with Crippen LogP contribution in [0.2, 0.25) is 0 Å². The van der Waals surface area contributed by atoms with Crippen LogP contribution in [0.25, 0.3) is 0 Å². The average molecular weight is 565 g/mol. The number of guanidine groups is 1. The van der Waals surface area contributed by atoms with Gasteiger partial charge in [-0.3, -0.25) is 0 Å². The second kappa shape index (κ2) is 12.6. The van der Waals surface area contributed by atoms with Crippen molar-refractivity contribution in [2.75, 3.05) is 31.6 Å².